The molecule has 3 rings (SSSR count). The van der Waals surface area contributed by atoms with Gasteiger partial charge in [0.25, 0.3) is 5.91 Å². The van der Waals surface area contributed by atoms with Crippen molar-refractivity contribution in [2.24, 2.45) is 0 Å². The molecule has 8 nitrogen and oxygen atoms in total. The summed E-state index contributed by atoms with van der Waals surface area (Å²) in [7, 11) is 0. The number of nitrogens with one attached hydrogen (secondary N) is 3. The lowest BCUT2D eigenvalue weighted by Gasteiger charge is -2.17. The molecule has 0 aliphatic carbocycles. The molecule has 0 unspecified atom stereocenters. The predicted molar refractivity (Wildman–Crippen MR) is 100 cm³/mol. The minimum Gasteiger partial charge on any atom is -0.360 e. The first-order chi connectivity index (χ1) is 13.1. The Bertz CT molecular complexity index is 917. The number of hydrogen-bond acceptors (Lipinski definition) is 5. The normalized spacial score (nSPS) is 11.8. The van der Waals surface area contributed by atoms with Gasteiger partial charge in [0.15, 0.2) is 5.82 Å². The van der Waals surface area contributed by atoms with Crippen LogP contribution in [0.1, 0.15) is 29.5 Å². The van der Waals surface area contributed by atoms with Gasteiger partial charge in [-0.05, 0) is 37.6 Å². The van der Waals surface area contributed by atoms with Crippen molar-refractivity contribution in [3.63, 3.8) is 0 Å². The molecule has 0 bridgehead atoms. The van der Waals surface area contributed by atoms with Gasteiger partial charge in [0.05, 0.1) is 11.3 Å². The number of aromatic nitrogens is 2. The summed E-state index contributed by atoms with van der Waals surface area (Å²) in [5, 5.41) is 6.38. The molecule has 1 atom stereocenters. The van der Waals surface area contributed by atoms with Crippen molar-refractivity contribution >= 4 is 17.6 Å². The highest BCUT2D eigenvalue weighted by Crippen LogP contribution is 2.14. The van der Waals surface area contributed by atoms with Crippen LogP contribution in [-0.2, 0) is 4.79 Å². The van der Waals surface area contributed by atoms with Crippen molar-refractivity contribution < 1.29 is 14.1 Å². The third-order valence-electron chi connectivity index (χ3n) is 4.00. The molecular weight excluding hydrogens is 346 g/mol. The van der Waals surface area contributed by atoms with Crippen LogP contribution in [0.5, 0.6) is 0 Å². The van der Waals surface area contributed by atoms with Gasteiger partial charge in [-0.1, -0.05) is 24.2 Å². The molecule has 0 saturated heterocycles. The number of anilines is 1. The third kappa shape index (κ3) is 4.42. The Labute approximate surface area is 156 Å². The minimum absolute atomic E-state index is 0.315. The Hall–Kier alpha value is -3.39. The molecule has 0 aliphatic rings. The number of amides is 2. The molecule has 2 aromatic heterocycles. The number of carbonyl (C=O) groups is 2. The molecule has 2 heterocycles. The lowest BCUT2D eigenvalue weighted by Crippen LogP contribution is -2.49. The van der Waals surface area contributed by atoms with Gasteiger partial charge >= 0.3 is 0 Å². The molecular formula is C19H21N5O3. The summed E-state index contributed by atoms with van der Waals surface area (Å²) < 4.78 is 6.78. The Morgan fingerprint density at radius 1 is 1.19 bits per heavy atom. The fourth-order valence-electron chi connectivity index (χ4n) is 2.60. The van der Waals surface area contributed by atoms with Crippen LogP contribution >= 0.6 is 0 Å². The van der Waals surface area contributed by atoms with Gasteiger partial charge in [-0.25, -0.2) is 5.43 Å². The van der Waals surface area contributed by atoms with Crippen LogP contribution in [0.4, 0.5) is 5.82 Å². The quantitative estimate of drug-likeness (QED) is 0.557. The van der Waals surface area contributed by atoms with Gasteiger partial charge in [-0.15, -0.1) is 0 Å². The Morgan fingerprint density at radius 3 is 2.59 bits per heavy atom. The molecule has 8 heteroatoms. The molecule has 1 aromatic carbocycles. The van der Waals surface area contributed by atoms with Gasteiger partial charge in [-0.3, -0.25) is 15.0 Å². The van der Waals surface area contributed by atoms with E-state index in [4.69, 9.17) is 4.52 Å². The maximum Gasteiger partial charge on any atom is 0.267 e. The second kappa shape index (κ2) is 8.33. The van der Waals surface area contributed by atoms with Crippen LogP contribution in [0, 0.1) is 6.92 Å². The van der Waals surface area contributed by atoms with E-state index in [9.17, 15) is 9.59 Å². The highest BCUT2D eigenvalue weighted by atomic mass is 16.5. The standard InChI is InChI=1S/C19H21N5O3/c1-3-15(19(26)20-17-12-13(2)27-23-17)21-22-18(25)14-8-4-5-9-16(14)24-10-6-7-11-24/h4-12,15,21H,3H2,1-2H3,(H,22,25)(H,20,23,26)/t15-/m1/s1. The minimum atomic E-state index is -0.621. The van der Waals surface area contributed by atoms with E-state index in [2.05, 4.69) is 21.3 Å². The molecule has 3 N–H and O–H groups in total. The SMILES string of the molecule is CC[C@@H](NNC(=O)c1ccccc1-n1cccc1)C(=O)Nc1cc(C)on1. The van der Waals surface area contributed by atoms with E-state index in [0.717, 1.165) is 5.69 Å². The van der Waals surface area contributed by atoms with E-state index in [1.807, 2.05) is 48.1 Å². The first-order valence-electron chi connectivity index (χ1n) is 8.61. The highest BCUT2D eigenvalue weighted by Gasteiger charge is 2.19. The van der Waals surface area contributed by atoms with Gasteiger partial charge in [0.2, 0.25) is 5.91 Å². The van der Waals surface area contributed by atoms with Crippen molar-refractivity contribution in [1.29, 1.82) is 0 Å². The zero-order valence-electron chi connectivity index (χ0n) is 15.1. The predicted octanol–water partition coefficient (Wildman–Crippen LogP) is 2.43. The van der Waals surface area contributed by atoms with Crippen LogP contribution in [0.15, 0.2) is 59.4 Å². The van der Waals surface area contributed by atoms with Crippen molar-refractivity contribution in [3.05, 3.63) is 66.2 Å². The number of hydrazine groups is 1. The monoisotopic (exact) mass is 367 g/mol. The fourth-order valence-corrected chi connectivity index (χ4v) is 2.60. The fraction of sp³-hybridized carbons (Fsp3) is 0.211. The summed E-state index contributed by atoms with van der Waals surface area (Å²) in [6.07, 6.45) is 4.20. The number of para-hydroxylation sites is 1. The van der Waals surface area contributed by atoms with Crippen LogP contribution < -0.4 is 16.2 Å². The van der Waals surface area contributed by atoms with E-state index in [0.29, 0.717) is 23.6 Å². The summed E-state index contributed by atoms with van der Waals surface area (Å²) in [4.78, 5) is 25.0. The van der Waals surface area contributed by atoms with Crippen molar-refractivity contribution in [3.8, 4) is 5.69 Å². The number of nitrogens with zero attached hydrogens (tertiary/aromatic N) is 2. The van der Waals surface area contributed by atoms with E-state index in [1.54, 1.807) is 25.1 Å². The average molecular weight is 367 g/mol. The first-order valence-corrected chi connectivity index (χ1v) is 8.61. The van der Waals surface area contributed by atoms with Gasteiger partial charge in [0, 0.05) is 18.5 Å². The summed E-state index contributed by atoms with van der Waals surface area (Å²) in [6.45, 7) is 3.58. The first kappa shape index (κ1) is 18.4. The maximum atomic E-state index is 12.6. The average Bonchev–Trinajstić information content (AvgIpc) is 3.34. The van der Waals surface area contributed by atoms with Crippen LogP contribution in [-0.4, -0.2) is 27.6 Å². The topological polar surface area (TPSA) is 101 Å². The van der Waals surface area contributed by atoms with E-state index in [-0.39, 0.29) is 11.8 Å². The van der Waals surface area contributed by atoms with Crippen LogP contribution in [0.2, 0.25) is 0 Å². The Kier molecular flexibility index (Phi) is 5.68. The Morgan fingerprint density at radius 2 is 1.93 bits per heavy atom. The summed E-state index contributed by atoms with van der Waals surface area (Å²) >= 11 is 0. The van der Waals surface area contributed by atoms with Gasteiger partial charge in [-0.2, -0.15) is 0 Å². The summed E-state index contributed by atoms with van der Waals surface area (Å²) in [6, 6.07) is 12.0. The van der Waals surface area contributed by atoms with Crippen molar-refractivity contribution in [2.75, 3.05) is 5.32 Å². The van der Waals surface area contributed by atoms with Crippen molar-refractivity contribution in [2.45, 2.75) is 26.3 Å². The van der Waals surface area contributed by atoms with E-state index < -0.39 is 6.04 Å². The van der Waals surface area contributed by atoms with Gasteiger partial charge in [0.1, 0.15) is 11.8 Å². The maximum absolute atomic E-state index is 12.6. The van der Waals surface area contributed by atoms with E-state index in [1.165, 1.54) is 0 Å². The highest BCUT2D eigenvalue weighted by molar-refractivity contribution is 5.98. The van der Waals surface area contributed by atoms with Crippen LogP contribution in [0.3, 0.4) is 0 Å². The lowest BCUT2D eigenvalue weighted by molar-refractivity contribution is -0.118. The number of aryl methyl sites for hydroxylation is 1. The number of hydrogen-bond donors (Lipinski definition) is 3. The zero-order valence-corrected chi connectivity index (χ0v) is 15.1. The molecule has 0 saturated carbocycles. The van der Waals surface area contributed by atoms with Crippen LogP contribution in [0.25, 0.3) is 5.69 Å². The second-order valence-corrected chi connectivity index (χ2v) is 5.98. The molecule has 140 valence electrons. The molecule has 0 fully saturated rings. The molecule has 27 heavy (non-hydrogen) atoms. The summed E-state index contributed by atoms with van der Waals surface area (Å²) in [5.41, 5.74) is 6.64. The third-order valence-corrected chi connectivity index (χ3v) is 4.00. The smallest absolute Gasteiger partial charge is 0.267 e. The second-order valence-electron chi connectivity index (χ2n) is 5.98. The van der Waals surface area contributed by atoms with Gasteiger partial charge < -0.3 is 14.4 Å². The molecule has 2 amide bonds. The molecule has 3 aromatic rings. The number of rotatable bonds is 7. The summed E-state index contributed by atoms with van der Waals surface area (Å²) in [5.74, 6) is 0.288. The number of carbonyl (C=O) groups excluding carboxylic acids is 2. The molecule has 0 spiro atoms. The largest absolute Gasteiger partial charge is 0.360 e. The zero-order chi connectivity index (χ0) is 19.2. The van der Waals surface area contributed by atoms with E-state index >= 15 is 0 Å². The Balaban J connectivity index is 1.65. The lowest BCUT2D eigenvalue weighted by atomic mass is 10.1. The molecule has 0 radical (unpaired) electrons. The molecule has 0 aliphatic heterocycles. The number of benzene rings is 1. The van der Waals surface area contributed by atoms with Crippen molar-refractivity contribution in [1.82, 2.24) is 20.6 Å².